The third-order valence-electron chi connectivity index (χ3n) is 4.85. The van der Waals surface area contributed by atoms with Crippen molar-refractivity contribution in [2.45, 2.75) is 25.2 Å². The number of nitrogens with one attached hydrogen (secondary N) is 1. The molecule has 0 aliphatic carbocycles. The Labute approximate surface area is 154 Å². The van der Waals surface area contributed by atoms with Crippen molar-refractivity contribution in [2.24, 2.45) is 11.7 Å². The highest BCUT2D eigenvalue weighted by Crippen LogP contribution is 2.33. The lowest BCUT2D eigenvalue weighted by Gasteiger charge is -2.31. The molecular formula is C18H20FN3O5. The number of ether oxygens (including phenoxy) is 1. The highest BCUT2D eigenvalue weighted by molar-refractivity contribution is 6.00. The van der Waals surface area contributed by atoms with E-state index in [4.69, 9.17) is 10.5 Å². The van der Waals surface area contributed by atoms with Gasteiger partial charge in [0.2, 0.25) is 11.8 Å². The van der Waals surface area contributed by atoms with Crippen LogP contribution in [0.25, 0.3) is 0 Å². The lowest BCUT2D eigenvalue weighted by Crippen LogP contribution is -2.45. The van der Waals surface area contributed by atoms with Gasteiger partial charge in [0.05, 0.1) is 11.8 Å². The number of primary amides is 1. The van der Waals surface area contributed by atoms with Crippen LogP contribution in [0, 0.1) is 11.7 Å². The molecule has 3 rings (SSSR count). The minimum Gasteiger partial charge on any atom is -0.455 e. The van der Waals surface area contributed by atoms with E-state index in [1.54, 1.807) is 0 Å². The second-order valence-corrected chi connectivity index (χ2v) is 6.73. The summed E-state index contributed by atoms with van der Waals surface area (Å²) >= 11 is 0. The second kappa shape index (κ2) is 7.73. The molecular weight excluding hydrogens is 357 g/mol. The van der Waals surface area contributed by atoms with Crippen molar-refractivity contribution in [3.05, 3.63) is 29.6 Å². The first-order valence-electron chi connectivity index (χ1n) is 8.68. The summed E-state index contributed by atoms with van der Waals surface area (Å²) in [7, 11) is 0. The fraction of sp³-hybridized carbons (Fsp3) is 0.444. The average Bonchev–Trinajstić information content (AvgIpc) is 2.64. The maximum atomic E-state index is 13.3. The van der Waals surface area contributed by atoms with Gasteiger partial charge in [0.1, 0.15) is 5.82 Å². The molecule has 27 heavy (non-hydrogen) atoms. The van der Waals surface area contributed by atoms with Crippen molar-refractivity contribution < 1.29 is 28.3 Å². The number of fused-ring (bicyclic) bond motifs is 1. The monoisotopic (exact) mass is 377 g/mol. The fourth-order valence-electron chi connectivity index (χ4n) is 3.41. The maximum absolute atomic E-state index is 13.3. The first-order chi connectivity index (χ1) is 12.8. The Morgan fingerprint density at radius 2 is 2.11 bits per heavy atom. The number of carbonyl (C=O) groups is 4. The largest absolute Gasteiger partial charge is 0.455 e. The molecule has 144 valence electrons. The van der Waals surface area contributed by atoms with Crippen molar-refractivity contribution in [2.75, 3.05) is 25.0 Å². The Morgan fingerprint density at radius 1 is 1.33 bits per heavy atom. The molecule has 0 unspecified atom stereocenters. The zero-order valence-corrected chi connectivity index (χ0v) is 14.6. The molecule has 1 fully saturated rings. The van der Waals surface area contributed by atoms with Crippen molar-refractivity contribution in [1.82, 2.24) is 4.90 Å². The van der Waals surface area contributed by atoms with Crippen molar-refractivity contribution >= 4 is 29.4 Å². The summed E-state index contributed by atoms with van der Waals surface area (Å²) in [4.78, 5) is 49.2. The number of amides is 3. The summed E-state index contributed by atoms with van der Waals surface area (Å²) in [6, 6.07) is 3.74. The predicted octanol–water partition coefficient (Wildman–Crippen LogP) is 0.519. The molecule has 0 radical (unpaired) electrons. The van der Waals surface area contributed by atoms with Gasteiger partial charge < -0.3 is 20.7 Å². The third-order valence-corrected chi connectivity index (χ3v) is 4.85. The molecule has 2 aliphatic heterocycles. The number of piperidine rings is 1. The fourth-order valence-corrected chi connectivity index (χ4v) is 3.41. The molecule has 8 nitrogen and oxygen atoms in total. The molecule has 3 amide bonds. The van der Waals surface area contributed by atoms with Gasteiger partial charge in [-0.15, -0.1) is 0 Å². The molecule has 0 spiro atoms. The van der Waals surface area contributed by atoms with Gasteiger partial charge in [-0.25, -0.2) is 4.39 Å². The van der Waals surface area contributed by atoms with Crippen LogP contribution in [0.4, 0.5) is 10.1 Å². The summed E-state index contributed by atoms with van der Waals surface area (Å²) in [5.74, 6) is -3.87. The number of benzene rings is 1. The van der Waals surface area contributed by atoms with Gasteiger partial charge in [0, 0.05) is 25.2 Å². The van der Waals surface area contributed by atoms with E-state index in [2.05, 4.69) is 5.32 Å². The van der Waals surface area contributed by atoms with E-state index in [0.717, 1.165) is 6.07 Å². The number of likely N-dealkylation sites (tertiary alicyclic amines) is 1. The number of nitrogens with zero attached hydrogens (tertiary/aromatic N) is 1. The summed E-state index contributed by atoms with van der Waals surface area (Å²) in [5, 5.41) is 2.51. The SMILES string of the molecule is NC(=O)[C@H]1CCCN(C(=O)COC(=O)[C@H]2CC(=O)Nc3cc(F)ccc32)C1. The van der Waals surface area contributed by atoms with E-state index in [0.29, 0.717) is 24.9 Å². The van der Waals surface area contributed by atoms with Crippen molar-refractivity contribution in [3.8, 4) is 0 Å². The molecule has 2 atom stereocenters. The van der Waals surface area contributed by atoms with Gasteiger partial charge in [0.25, 0.3) is 5.91 Å². The number of anilines is 1. The average molecular weight is 377 g/mol. The van der Waals surface area contributed by atoms with Crippen LogP contribution in [0.1, 0.15) is 30.7 Å². The van der Waals surface area contributed by atoms with E-state index >= 15 is 0 Å². The third kappa shape index (κ3) is 4.24. The quantitative estimate of drug-likeness (QED) is 0.742. The smallest absolute Gasteiger partial charge is 0.314 e. The number of halogens is 1. The van der Waals surface area contributed by atoms with Gasteiger partial charge >= 0.3 is 5.97 Å². The van der Waals surface area contributed by atoms with Crippen LogP contribution in [0.2, 0.25) is 0 Å². The minimum absolute atomic E-state index is 0.140. The lowest BCUT2D eigenvalue weighted by atomic mass is 9.90. The van der Waals surface area contributed by atoms with E-state index in [1.807, 2.05) is 0 Å². The lowest BCUT2D eigenvalue weighted by molar-refractivity contribution is -0.155. The number of nitrogens with two attached hydrogens (primary N) is 1. The van der Waals surface area contributed by atoms with E-state index in [-0.39, 0.29) is 18.7 Å². The van der Waals surface area contributed by atoms with Crippen LogP contribution in [0.3, 0.4) is 0 Å². The molecule has 1 aromatic rings. The zero-order chi connectivity index (χ0) is 19.6. The van der Waals surface area contributed by atoms with Gasteiger partial charge in [-0.05, 0) is 30.5 Å². The van der Waals surface area contributed by atoms with Gasteiger partial charge in [0.15, 0.2) is 6.61 Å². The number of rotatable bonds is 4. The topological polar surface area (TPSA) is 119 Å². The van der Waals surface area contributed by atoms with Crippen LogP contribution in [-0.4, -0.2) is 48.3 Å². The molecule has 0 bridgehead atoms. The number of hydrogen-bond donors (Lipinski definition) is 2. The standard InChI is InChI=1S/C18H20FN3O5/c19-11-3-4-12-13(7-15(23)21-14(12)6-11)18(26)27-9-16(24)22-5-1-2-10(8-22)17(20)25/h3-4,6,10,13H,1-2,5,7-9H2,(H2,20,25)(H,21,23)/t10-,13-/m0/s1. The van der Waals surface area contributed by atoms with Crippen molar-refractivity contribution in [1.29, 1.82) is 0 Å². The van der Waals surface area contributed by atoms with Crippen LogP contribution in [0.5, 0.6) is 0 Å². The summed E-state index contributed by atoms with van der Waals surface area (Å²) < 4.78 is 18.5. The molecule has 9 heteroatoms. The molecule has 1 aromatic carbocycles. The van der Waals surface area contributed by atoms with Crippen molar-refractivity contribution in [3.63, 3.8) is 0 Å². The Balaban J connectivity index is 1.62. The van der Waals surface area contributed by atoms with Gasteiger partial charge in [-0.1, -0.05) is 6.07 Å². The summed E-state index contributed by atoms with van der Waals surface area (Å²) in [6.45, 7) is 0.187. The predicted molar refractivity (Wildman–Crippen MR) is 91.8 cm³/mol. The first kappa shape index (κ1) is 18.8. The van der Waals surface area contributed by atoms with Crippen LogP contribution >= 0.6 is 0 Å². The molecule has 2 heterocycles. The molecule has 1 saturated heterocycles. The Bertz CT molecular complexity index is 797. The Morgan fingerprint density at radius 3 is 2.85 bits per heavy atom. The Hall–Kier alpha value is -2.97. The molecule has 2 aliphatic rings. The molecule has 3 N–H and O–H groups in total. The number of hydrogen-bond acceptors (Lipinski definition) is 5. The molecule has 0 saturated carbocycles. The molecule has 0 aromatic heterocycles. The maximum Gasteiger partial charge on any atom is 0.314 e. The van der Waals surface area contributed by atoms with E-state index in [1.165, 1.54) is 17.0 Å². The van der Waals surface area contributed by atoms with Crippen LogP contribution < -0.4 is 11.1 Å². The van der Waals surface area contributed by atoms with E-state index in [9.17, 15) is 23.6 Å². The van der Waals surface area contributed by atoms with Gasteiger partial charge in [-0.3, -0.25) is 19.2 Å². The minimum atomic E-state index is -0.901. The number of carbonyl (C=O) groups excluding carboxylic acids is 4. The van der Waals surface area contributed by atoms with E-state index < -0.39 is 48.0 Å². The number of esters is 1. The Kier molecular flexibility index (Phi) is 5.38. The van der Waals surface area contributed by atoms with Crippen LogP contribution in [-0.2, 0) is 23.9 Å². The normalized spacial score (nSPS) is 21.8. The first-order valence-corrected chi connectivity index (χ1v) is 8.68. The zero-order valence-electron chi connectivity index (χ0n) is 14.6. The summed E-state index contributed by atoms with van der Waals surface area (Å²) in [5.41, 5.74) is 5.96. The summed E-state index contributed by atoms with van der Waals surface area (Å²) in [6.07, 6.45) is 1.14. The van der Waals surface area contributed by atoms with Gasteiger partial charge in [-0.2, -0.15) is 0 Å². The second-order valence-electron chi connectivity index (χ2n) is 6.73. The van der Waals surface area contributed by atoms with Crippen LogP contribution in [0.15, 0.2) is 18.2 Å². The highest BCUT2D eigenvalue weighted by atomic mass is 19.1. The highest BCUT2D eigenvalue weighted by Gasteiger charge is 2.33.